The molecule has 2 nitrogen and oxygen atoms in total. The van der Waals surface area contributed by atoms with Gasteiger partial charge in [-0.25, -0.2) is 0 Å². The molecule has 132 valence electrons. The van der Waals surface area contributed by atoms with E-state index >= 15 is 0 Å². The Balaban J connectivity index is 1.82. The fourth-order valence-corrected chi connectivity index (χ4v) is 4.42. The molecular formula is C23H16Cl2N2. The van der Waals surface area contributed by atoms with Crippen molar-refractivity contribution < 1.29 is 0 Å². The van der Waals surface area contributed by atoms with Gasteiger partial charge in [0.25, 0.3) is 0 Å². The molecule has 3 aromatic carbocycles. The number of aromatic nitrogens is 2. The second-order valence-electron chi connectivity index (χ2n) is 6.68. The quantitative estimate of drug-likeness (QED) is 0.328. The molecule has 5 rings (SSSR count). The first-order chi connectivity index (χ1) is 13.2. The summed E-state index contributed by atoms with van der Waals surface area (Å²) >= 11 is 12.8. The summed E-state index contributed by atoms with van der Waals surface area (Å²) in [5.74, 6) is -0.0120. The maximum absolute atomic E-state index is 6.66. The summed E-state index contributed by atoms with van der Waals surface area (Å²) in [4.78, 5) is 6.80. The number of H-pyrrole nitrogens is 2. The van der Waals surface area contributed by atoms with Gasteiger partial charge in [0.15, 0.2) is 0 Å². The molecule has 0 aliphatic rings. The summed E-state index contributed by atoms with van der Waals surface area (Å²) in [7, 11) is 0. The number of fused-ring (bicyclic) bond motifs is 2. The zero-order valence-electron chi connectivity index (χ0n) is 14.3. The highest BCUT2D eigenvalue weighted by Gasteiger charge is 2.25. The summed E-state index contributed by atoms with van der Waals surface area (Å²) in [5, 5.41) is 3.70. The van der Waals surface area contributed by atoms with Crippen LogP contribution < -0.4 is 0 Å². The lowest BCUT2D eigenvalue weighted by Crippen LogP contribution is -2.03. The fourth-order valence-electron chi connectivity index (χ4n) is 3.90. The molecule has 4 heteroatoms. The van der Waals surface area contributed by atoms with Gasteiger partial charge in [0.05, 0.1) is 0 Å². The van der Waals surface area contributed by atoms with Crippen molar-refractivity contribution in [1.29, 1.82) is 0 Å². The third-order valence-corrected chi connectivity index (χ3v) is 5.70. The molecule has 0 spiro atoms. The van der Waals surface area contributed by atoms with Crippen molar-refractivity contribution in [3.8, 4) is 0 Å². The number of halogens is 2. The van der Waals surface area contributed by atoms with Crippen LogP contribution in [0, 0.1) is 0 Å². The Kier molecular flexibility index (Phi) is 3.96. The summed E-state index contributed by atoms with van der Waals surface area (Å²) in [6.07, 6.45) is 4.17. The maximum Gasteiger partial charge on any atom is 0.0462 e. The first kappa shape index (κ1) is 16.5. The Labute approximate surface area is 166 Å². The summed E-state index contributed by atoms with van der Waals surface area (Å²) in [6, 6.07) is 22.4. The molecule has 0 amide bonds. The minimum absolute atomic E-state index is 0.0120. The van der Waals surface area contributed by atoms with Gasteiger partial charge in [0.1, 0.15) is 0 Å². The highest BCUT2D eigenvalue weighted by molar-refractivity contribution is 6.35. The lowest BCUT2D eigenvalue weighted by molar-refractivity contribution is 0.998. The first-order valence-corrected chi connectivity index (χ1v) is 9.55. The number of hydrogen-bond donors (Lipinski definition) is 2. The monoisotopic (exact) mass is 390 g/mol. The molecule has 0 fully saturated rings. The fraction of sp³-hybridized carbons (Fsp3) is 0.0435. The van der Waals surface area contributed by atoms with Crippen LogP contribution in [0.1, 0.15) is 22.6 Å². The minimum Gasteiger partial charge on any atom is -0.361 e. The predicted molar refractivity (Wildman–Crippen MR) is 114 cm³/mol. The molecule has 0 bridgehead atoms. The smallest absolute Gasteiger partial charge is 0.0462 e. The van der Waals surface area contributed by atoms with E-state index in [1.807, 2.05) is 30.3 Å². The van der Waals surface area contributed by atoms with E-state index in [1.54, 1.807) is 0 Å². The average Bonchev–Trinajstić information content (AvgIpc) is 3.29. The normalized spacial score (nSPS) is 11.7. The van der Waals surface area contributed by atoms with Crippen LogP contribution in [0.15, 0.2) is 79.1 Å². The van der Waals surface area contributed by atoms with Gasteiger partial charge in [-0.15, -0.1) is 0 Å². The van der Waals surface area contributed by atoms with Gasteiger partial charge in [-0.1, -0.05) is 65.7 Å². The second-order valence-corrected chi connectivity index (χ2v) is 7.52. The third-order valence-electron chi connectivity index (χ3n) is 5.14. The van der Waals surface area contributed by atoms with E-state index < -0.39 is 0 Å². The number of hydrogen-bond acceptors (Lipinski definition) is 0. The first-order valence-electron chi connectivity index (χ1n) is 8.79. The summed E-state index contributed by atoms with van der Waals surface area (Å²) in [6.45, 7) is 0. The van der Waals surface area contributed by atoms with E-state index in [9.17, 15) is 0 Å². The van der Waals surface area contributed by atoms with E-state index in [1.165, 1.54) is 21.9 Å². The van der Waals surface area contributed by atoms with E-state index in [2.05, 4.69) is 58.8 Å². The number of nitrogens with one attached hydrogen (secondary N) is 2. The van der Waals surface area contributed by atoms with E-state index in [0.717, 1.165) is 16.6 Å². The van der Waals surface area contributed by atoms with Crippen molar-refractivity contribution in [3.63, 3.8) is 0 Å². The number of aromatic amines is 2. The lowest BCUT2D eigenvalue weighted by atomic mass is 9.85. The van der Waals surface area contributed by atoms with Crippen LogP contribution >= 0.6 is 23.2 Å². The van der Waals surface area contributed by atoms with E-state index in [0.29, 0.717) is 10.0 Å². The van der Waals surface area contributed by atoms with Crippen molar-refractivity contribution in [2.45, 2.75) is 5.92 Å². The molecule has 2 heterocycles. The number of rotatable bonds is 3. The molecule has 2 aromatic heterocycles. The highest BCUT2D eigenvalue weighted by atomic mass is 35.5. The molecule has 2 N–H and O–H groups in total. The highest BCUT2D eigenvalue weighted by Crippen LogP contribution is 2.42. The summed E-state index contributed by atoms with van der Waals surface area (Å²) in [5.41, 5.74) is 5.65. The van der Waals surface area contributed by atoms with Gasteiger partial charge in [0, 0.05) is 50.2 Å². The van der Waals surface area contributed by atoms with Crippen LogP contribution in [0.3, 0.4) is 0 Å². The third kappa shape index (κ3) is 2.73. The van der Waals surface area contributed by atoms with Crippen molar-refractivity contribution in [2.75, 3.05) is 0 Å². The number of para-hydroxylation sites is 2. The summed E-state index contributed by atoms with van der Waals surface area (Å²) < 4.78 is 0. The SMILES string of the molecule is Clc1ccc(C(c2c[nH]c3ccccc23)c2c[nH]c3ccccc23)c(Cl)c1. The Bertz CT molecular complexity index is 1190. The predicted octanol–water partition coefficient (Wildman–Crippen LogP) is 7.14. The van der Waals surface area contributed by atoms with Crippen LogP contribution in [0.5, 0.6) is 0 Å². The van der Waals surface area contributed by atoms with Gasteiger partial charge in [-0.3, -0.25) is 0 Å². The Hall–Kier alpha value is -2.68. The maximum atomic E-state index is 6.66. The lowest BCUT2D eigenvalue weighted by Gasteiger charge is -2.19. The van der Waals surface area contributed by atoms with Crippen molar-refractivity contribution in [2.24, 2.45) is 0 Å². The Morgan fingerprint density at radius 2 is 1.19 bits per heavy atom. The van der Waals surface area contributed by atoms with Crippen molar-refractivity contribution in [3.05, 3.63) is 106 Å². The minimum atomic E-state index is -0.0120. The van der Waals surface area contributed by atoms with Crippen LogP contribution in [0.2, 0.25) is 10.0 Å². The number of benzene rings is 3. The van der Waals surface area contributed by atoms with E-state index in [-0.39, 0.29) is 5.92 Å². The standard InChI is InChI=1S/C23H16Cl2N2/c24-14-9-10-17(20(25)11-14)23(18-12-26-21-7-3-1-5-15(18)21)19-13-27-22-8-4-2-6-16(19)22/h1-13,23,26-27H. The van der Waals surface area contributed by atoms with Crippen LogP contribution in [0.25, 0.3) is 21.8 Å². The molecule has 0 radical (unpaired) electrons. The molecular weight excluding hydrogens is 375 g/mol. The molecule has 0 unspecified atom stereocenters. The molecule has 0 saturated carbocycles. The molecule has 5 aromatic rings. The zero-order valence-corrected chi connectivity index (χ0v) is 15.9. The Morgan fingerprint density at radius 1 is 0.630 bits per heavy atom. The van der Waals surface area contributed by atoms with Crippen molar-refractivity contribution >= 4 is 45.0 Å². The van der Waals surface area contributed by atoms with Gasteiger partial charge < -0.3 is 9.97 Å². The van der Waals surface area contributed by atoms with Crippen LogP contribution in [-0.2, 0) is 0 Å². The molecule has 0 saturated heterocycles. The molecule has 0 atom stereocenters. The van der Waals surface area contributed by atoms with Gasteiger partial charge >= 0.3 is 0 Å². The van der Waals surface area contributed by atoms with Gasteiger partial charge in [-0.05, 0) is 41.0 Å². The molecule has 27 heavy (non-hydrogen) atoms. The van der Waals surface area contributed by atoms with Crippen molar-refractivity contribution in [1.82, 2.24) is 9.97 Å². The average molecular weight is 391 g/mol. The zero-order chi connectivity index (χ0) is 18.4. The largest absolute Gasteiger partial charge is 0.361 e. The topological polar surface area (TPSA) is 31.6 Å². The Morgan fingerprint density at radius 3 is 1.74 bits per heavy atom. The van der Waals surface area contributed by atoms with Gasteiger partial charge in [0.2, 0.25) is 0 Å². The van der Waals surface area contributed by atoms with E-state index in [4.69, 9.17) is 23.2 Å². The molecule has 0 aliphatic heterocycles. The molecule has 0 aliphatic carbocycles. The van der Waals surface area contributed by atoms with Crippen LogP contribution in [-0.4, -0.2) is 9.97 Å². The van der Waals surface area contributed by atoms with Gasteiger partial charge in [-0.2, -0.15) is 0 Å². The van der Waals surface area contributed by atoms with Crippen LogP contribution in [0.4, 0.5) is 0 Å². The second kappa shape index (κ2) is 6.49.